The molecule has 27 heavy (non-hydrogen) atoms. The monoisotopic (exact) mass is 407 g/mol. The summed E-state index contributed by atoms with van der Waals surface area (Å²) in [4.78, 5) is 16.6. The molecule has 6 heteroatoms. The molecule has 1 aromatic heterocycles. The van der Waals surface area contributed by atoms with E-state index in [1.165, 1.54) is 36.8 Å². The van der Waals surface area contributed by atoms with Crippen LogP contribution in [0.4, 0.5) is 5.69 Å². The van der Waals surface area contributed by atoms with Crippen LogP contribution < -0.4 is 10.6 Å². The molecule has 2 aromatic rings. The lowest BCUT2D eigenvalue weighted by Crippen LogP contribution is -2.39. The third kappa shape index (κ3) is 5.44. The zero-order chi connectivity index (χ0) is 17.1. The van der Waals surface area contributed by atoms with Crippen LogP contribution in [0.25, 0.3) is 0 Å². The van der Waals surface area contributed by atoms with Crippen LogP contribution in [-0.4, -0.2) is 23.0 Å². The molecule has 1 aliphatic carbocycles. The number of hydrogen-bond donors (Lipinski definition) is 2. The lowest BCUT2D eigenvalue weighted by atomic mass is 9.85. The van der Waals surface area contributed by atoms with E-state index in [0.29, 0.717) is 12.0 Å². The van der Waals surface area contributed by atoms with Crippen LogP contribution in [0.2, 0.25) is 0 Å². The quantitative estimate of drug-likeness (QED) is 0.790. The zero-order valence-electron chi connectivity index (χ0n) is 15.3. The molecule has 3 unspecified atom stereocenters. The van der Waals surface area contributed by atoms with Crippen LogP contribution in [0.5, 0.6) is 0 Å². The summed E-state index contributed by atoms with van der Waals surface area (Å²) >= 11 is 0. The van der Waals surface area contributed by atoms with E-state index in [1.54, 1.807) is 0 Å². The fourth-order valence-corrected chi connectivity index (χ4v) is 4.19. The summed E-state index contributed by atoms with van der Waals surface area (Å²) in [5.74, 6) is 0.795. The van der Waals surface area contributed by atoms with Gasteiger partial charge in [0.2, 0.25) is 5.91 Å². The van der Waals surface area contributed by atoms with E-state index in [0.717, 1.165) is 18.5 Å². The fraction of sp³-hybridized carbons (Fsp3) is 0.429. The van der Waals surface area contributed by atoms with Gasteiger partial charge in [0.1, 0.15) is 0 Å². The number of aromatic nitrogens is 1. The number of nitrogens with one attached hydrogen (secondary N) is 2. The molecule has 2 fully saturated rings. The van der Waals surface area contributed by atoms with Crippen molar-refractivity contribution in [2.24, 2.45) is 5.92 Å². The first-order valence-electron chi connectivity index (χ1n) is 9.33. The average molecular weight is 408 g/mol. The van der Waals surface area contributed by atoms with Crippen LogP contribution in [0, 0.1) is 5.92 Å². The molecule has 0 radical (unpaired) electrons. The molecule has 1 amide bonds. The molecule has 1 aromatic carbocycles. The Morgan fingerprint density at radius 2 is 1.67 bits per heavy atom. The van der Waals surface area contributed by atoms with Gasteiger partial charge in [-0.15, -0.1) is 24.8 Å². The zero-order valence-corrected chi connectivity index (χ0v) is 16.9. The summed E-state index contributed by atoms with van der Waals surface area (Å²) in [7, 11) is 0. The summed E-state index contributed by atoms with van der Waals surface area (Å²) in [6.07, 6.45) is 10.6. The van der Waals surface area contributed by atoms with Gasteiger partial charge in [-0.2, -0.15) is 0 Å². The Labute approximate surface area is 173 Å². The third-order valence-corrected chi connectivity index (χ3v) is 5.56. The number of nitrogens with zero attached hydrogens (tertiary/aromatic N) is 1. The van der Waals surface area contributed by atoms with E-state index in [9.17, 15) is 4.79 Å². The summed E-state index contributed by atoms with van der Waals surface area (Å²) in [6, 6.07) is 12.7. The Hall–Kier alpha value is -1.62. The van der Waals surface area contributed by atoms with Gasteiger partial charge in [-0.25, -0.2) is 0 Å². The molecule has 1 saturated carbocycles. The summed E-state index contributed by atoms with van der Waals surface area (Å²) in [5.41, 5.74) is 3.35. The third-order valence-electron chi connectivity index (χ3n) is 5.56. The summed E-state index contributed by atoms with van der Waals surface area (Å²) < 4.78 is 0. The van der Waals surface area contributed by atoms with Gasteiger partial charge in [0, 0.05) is 24.1 Å². The maximum Gasteiger partial charge on any atom is 0.241 e. The first-order valence-corrected chi connectivity index (χ1v) is 9.33. The minimum atomic E-state index is -0.0374. The maximum absolute atomic E-state index is 12.6. The molecular formula is C21H27Cl2N3O. The highest BCUT2D eigenvalue weighted by Crippen LogP contribution is 2.33. The minimum Gasteiger partial charge on any atom is -0.325 e. The number of carbonyl (C=O) groups excluding carboxylic acids is 1. The minimum absolute atomic E-state index is 0. The molecule has 2 aliphatic rings. The first-order chi connectivity index (χ1) is 12.3. The van der Waals surface area contributed by atoms with Gasteiger partial charge in [0.15, 0.2) is 0 Å². The topological polar surface area (TPSA) is 54.0 Å². The van der Waals surface area contributed by atoms with E-state index in [2.05, 4.69) is 27.8 Å². The van der Waals surface area contributed by atoms with Crippen molar-refractivity contribution < 1.29 is 4.79 Å². The highest BCUT2D eigenvalue weighted by atomic mass is 35.5. The van der Waals surface area contributed by atoms with Crippen molar-refractivity contribution in [3.63, 3.8) is 0 Å². The van der Waals surface area contributed by atoms with Gasteiger partial charge in [0.05, 0.1) is 6.04 Å². The van der Waals surface area contributed by atoms with Crippen molar-refractivity contribution in [3.05, 3.63) is 59.9 Å². The van der Waals surface area contributed by atoms with Crippen LogP contribution in [0.1, 0.15) is 43.2 Å². The Morgan fingerprint density at radius 1 is 1.00 bits per heavy atom. The standard InChI is InChI=1S/C21H25N3O.2ClH/c25-21(20-14-17-3-1-2-4-19(17)24-20)23-18-7-5-15(6-8-18)13-16-9-11-22-12-10-16;;/h5-12,17,19-20,24H,1-4,13-14H2,(H,23,25);2*1H. The van der Waals surface area contributed by atoms with E-state index < -0.39 is 0 Å². The van der Waals surface area contributed by atoms with Crippen molar-refractivity contribution in [2.75, 3.05) is 5.32 Å². The largest absolute Gasteiger partial charge is 0.325 e. The number of amides is 1. The molecule has 3 atom stereocenters. The van der Waals surface area contributed by atoms with E-state index in [-0.39, 0.29) is 36.8 Å². The van der Waals surface area contributed by atoms with Gasteiger partial charge in [-0.3, -0.25) is 9.78 Å². The first kappa shape index (κ1) is 21.7. The second kappa shape index (κ2) is 10.1. The predicted molar refractivity (Wildman–Crippen MR) is 114 cm³/mol. The number of hydrogen-bond acceptors (Lipinski definition) is 3. The van der Waals surface area contributed by atoms with Gasteiger partial charge >= 0.3 is 0 Å². The summed E-state index contributed by atoms with van der Waals surface area (Å²) in [6.45, 7) is 0. The molecule has 4 rings (SSSR count). The van der Waals surface area contributed by atoms with Crippen LogP contribution in [0.15, 0.2) is 48.8 Å². The average Bonchev–Trinajstić information content (AvgIpc) is 3.09. The molecular weight excluding hydrogens is 381 g/mol. The molecule has 146 valence electrons. The number of halogens is 2. The molecule has 1 aliphatic heterocycles. The number of fused-ring (bicyclic) bond motifs is 1. The molecule has 0 bridgehead atoms. The molecule has 0 spiro atoms. The number of anilines is 1. The maximum atomic E-state index is 12.6. The van der Waals surface area contributed by atoms with Crippen LogP contribution >= 0.6 is 24.8 Å². The highest BCUT2D eigenvalue weighted by molar-refractivity contribution is 5.95. The lowest BCUT2D eigenvalue weighted by molar-refractivity contribution is -0.117. The van der Waals surface area contributed by atoms with Crippen molar-refractivity contribution in [3.8, 4) is 0 Å². The Kier molecular flexibility index (Phi) is 8.08. The summed E-state index contributed by atoms with van der Waals surface area (Å²) in [5, 5.41) is 6.61. The SMILES string of the molecule is Cl.Cl.O=C(Nc1ccc(Cc2ccncc2)cc1)C1CC2CCCCC2N1. The smallest absolute Gasteiger partial charge is 0.241 e. The second-order valence-electron chi connectivity index (χ2n) is 7.32. The fourth-order valence-electron chi connectivity index (χ4n) is 4.19. The van der Waals surface area contributed by atoms with E-state index in [1.807, 2.05) is 36.7 Å². The van der Waals surface area contributed by atoms with Gasteiger partial charge in [-0.1, -0.05) is 25.0 Å². The number of benzene rings is 1. The van der Waals surface area contributed by atoms with Gasteiger partial charge < -0.3 is 10.6 Å². The van der Waals surface area contributed by atoms with Gasteiger partial charge in [0.25, 0.3) is 0 Å². The molecule has 4 nitrogen and oxygen atoms in total. The normalized spacial score (nSPS) is 23.5. The van der Waals surface area contributed by atoms with Crippen molar-refractivity contribution >= 4 is 36.4 Å². The van der Waals surface area contributed by atoms with Crippen LogP contribution in [0.3, 0.4) is 0 Å². The van der Waals surface area contributed by atoms with Crippen LogP contribution in [-0.2, 0) is 11.2 Å². The van der Waals surface area contributed by atoms with Crippen molar-refractivity contribution in [2.45, 2.75) is 50.6 Å². The van der Waals surface area contributed by atoms with Gasteiger partial charge in [-0.05, 0) is 67.0 Å². The Balaban J connectivity index is 0.00000131. The second-order valence-corrected chi connectivity index (χ2v) is 7.32. The number of pyridine rings is 1. The molecule has 2 N–H and O–H groups in total. The van der Waals surface area contributed by atoms with Crippen molar-refractivity contribution in [1.29, 1.82) is 0 Å². The molecule has 2 heterocycles. The van der Waals surface area contributed by atoms with E-state index in [4.69, 9.17) is 0 Å². The lowest BCUT2D eigenvalue weighted by Gasteiger charge is -2.24. The highest BCUT2D eigenvalue weighted by Gasteiger charge is 2.38. The molecule has 1 saturated heterocycles. The Morgan fingerprint density at radius 3 is 2.37 bits per heavy atom. The predicted octanol–water partition coefficient (Wildman–Crippen LogP) is 4.38. The van der Waals surface area contributed by atoms with Crippen molar-refractivity contribution in [1.82, 2.24) is 10.3 Å². The van der Waals surface area contributed by atoms with E-state index >= 15 is 0 Å². The number of rotatable bonds is 4. The number of carbonyl (C=O) groups is 1. The Bertz CT molecular complexity index is 710.